The molecule has 96 valence electrons. The molecule has 1 aliphatic carbocycles. The van der Waals surface area contributed by atoms with Crippen LogP contribution in [-0.4, -0.2) is 23.9 Å². The lowest BCUT2D eigenvalue weighted by molar-refractivity contribution is 0.217. The lowest BCUT2D eigenvalue weighted by atomic mass is 9.91. The summed E-state index contributed by atoms with van der Waals surface area (Å²) in [4.78, 5) is 6.68. The van der Waals surface area contributed by atoms with E-state index in [1.165, 1.54) is 18.4 Å². The third kappa shape index (κ3) is 1.97. The number of benzene rings is 1. The minimum atomic E-state index is -0.141. The topological polar surface area (TPSA) is 41.6 Å². The summed E-state index contributed by atoms with van der Waals surface area (Å²) in [5, 5.41) is 0.769. The number of nitrogens with zero attached hydrogens (tertiary/aromatic N) is 2. The second-order valence-electron chi connectivity index (χ2n) is 5.51. The van der Waals surface area contributed by atoms with Gasteiger partial charge in [-0.25, -0.2) is 0 Å². The number of hydrogen-bond donors (Lipinski definition) is 1. The molecule has 0 bridgehead atoms. The summed E-state index contributed by atoms with van der Waals surface area (Å²) < 4.78 is 0. The molecule has 0 aromatic heterocycles. The van der Waals surface area contributed by atoms with Gasteiger partial charge in [-0.2, -0.15) is 0 Å². The van der Waals surface area contributed by atoms with Crippen molar-refractivity contribution in [2.45, 2.75) is 25.3 Å². The van der Waals surface area contributed by atoms with E-state index in [2.05, 4.69) is 22.9 Å². The Kier molecular flexibility index (Phi) is 2.74. The van der Waals surface area contributed by atoms with Crippen molar-refractivity contribution in [3.8, 4) is 0 Å². The Morgan fingerprint density at radius 1 is 1.50 bits per heavy atom. The summed E-state index contributed by atoms with van der Waals surface area (Å²) in [5.74, 6) is 1.46. The van der Waals surface area contributed by atoms with Gasteiger partial charge in [-0.3, -0.25) is 4.99 Å². The zero-order valence-electron chi connectivity index (χ0n) is 10.6. The van der Waals surface area contributed by atoms with Gasteiger partial charge < -0.3 is 10.6 Å². The molecule has 1 unspecified atom stereocenters. The SMILES string of the molecule is CC1(c2cccc(Cl)c2)CN=C(N)N1CC1CC1. The predicted molar refractivity (Wildman–Crippen MR) is 74.7 cm³/mol. The zero-order valence-corrected chi connectivity index (χ0v) is 11.3. The highest BCUT2D eigenvalue weighted by atomic mass is 35.5. The minimum Gasteiger partial charge on any atom is -0.370 e. The molecule has 1 atom stereocenters. The van der Waals surface area contributed by atoms with Crippen molar-refractivity contribution in [2.24, 2.45) is 16.6 Å². The fourth-order valence-corrected chi connectivity index (χ4v) is 2.77. The number of nitrogens with two attached hydrogens (primary N) is 1. The molecule has 18 heavy (non-hydrogen) atoms. The first-order valence-corrected chi connectivity index (χ1v) is 6.81. The van der Waals surface area contributed by atoms with Gasteiger partial charge in [0.1, 0.15) is 0 Å². The van der Waals surface area contributed by atoms with E-state index in [-0.39, 0.29) is 5.54 Å². The van der Waals surface area contributed by atoms with Crippen molar-refractivity contribution >= 4 is 17.6 Å². The van der Waals surface area contributed by atoms with E-state index in [9.17, 15) is 0 Å². The molecule has 3 rings (SSSR count). The first-order chi connectivity index (χ1) is 8.59. The van der Waals surface area contributed by atoms with Gasteiger partial charge in [0.25, 0.3) is 0 Å². The number of guanidine groups is 1. The Hall–Kier alpha value is -1.22. The van der Waals surface area contributed by atoms with E-state index in [1.807, 2.05) is 18.2 Å². The molecule has 2 N–H and O–H groups in total. The van der Waals surface area contributed by atoms with E-state index < -0.39 is 0 Å². The molecule has 2 aliphatic rings. The summed E-state index contributed by atoms with van der Waals surface area (Å²) in [7, 11) is 0. The lowest BCUT2D eigenvalue weighted by Gasteiger charge is -2.37. The molecular weight excluding hydrogens is 246 g/mol. The molecule has 0 saturated heterocycles. The number of hydrogen-bond acceptors (Lipinski definition) is 3. The molecule has 1 aromatic rings. The largest absolute Gasteiger partial charge is 0.370 e. The van der Waals surface area contributed by atoms with E-state index in [0.717, 1.165) is 17.5 Å². The fourth-order valence-electron chi connectivity index (χ4n) is 2.58. The maximum atomic E-state index is 6.10. The molecule has 0 spiro atoms. The van der Waals surface area contributed by atoms with Crippen LogP contribution < -0.4 is 5.73 Å². The van der Waals surface area contributed by atoms with Crippen LogP contribution in [0, 0.1) is 5.92 Å². The van der Waals surface area contributed by atoms with Gasteiger partial charge in [-0.15, -0.1) is 0 Å². The van der Waals surface area contributed by atoms with Gasteiger partial charge in [0, 0.05) is 11.6 Å². The maximum Gasteiger partial charge on any atom is 0.192 e. The van der Waals surface area contributed by atoms with Crippen LogP contribution in [0.2, 0.25) is 5.02 Å². The average molecular weight is 264 g/mol. The first-order valence-electron chi connectivity index (χ1n) is 6.43. The molecule has 0 amide bonds. The highest BCUT2D eigenvalue weighted by Crippen LogP contribution is 2.38. The second kappa shape index (κ2) is 4.16. The van der Waals surface area contributed by atoms with Crippen LogP contribution in [0.1, 0.15) is 25.3 Å². The quantitative estimate of drug-likeness (QED) is 0.911. The van der Waals surface area contributed by atoms with Gasteiger partial charge in [-0.05, 0) is 43.4 Å². The summed E-state index contributed by atoms with van der Waals surface area (Å²) in [6.45, 7) is 3.93. The second-order valence-corrected chi connectivity index (χ2v) is 5.95. The van der Waals surface area contributed by atoms with Crippen molar-refractivity contribution in [1.82, 2.24) is 4.90 Å². The summed E-state index contributed by atoms with van der Waals surface area (Å²) in [6.07, 6.45) is 2.63. The monoisotopic (exact) mass is 263 g/mol. The number of rotatable bonds is 3. The van der Waals surface area contributed by atoms with Crippen molar-refractivity contribution in [3.63, 3.8) is 0 Å². The molecule has 1 heterocycles. The Labute approximate surface area is 113 Å². The van der Waals surface area contributed by atoms with Crippen LogP contribution in [0.25, 0.3) is 0 Å². The minimum absolute atomic E-state index is 0.141. The molecule has 1 saturated carbocycles. The van der Waals surface area contributed by atoms with Crippen LogP contribution in [-0.2, 0) is 5.54 Å². The van der Waals surface area contributed by atoms with Crippen molar-refractivity contribution in [2.75, 3.05) is 13.1 Å². The van der Waals surface area contributed by atoms with Crippen LogP contribution in [0.4, 0.5) is 0 Å². The van der Waals surface area contributed by atoms with Gasteiger partial charge in [0.15, 0.2) is 5.96 Å². The normalized spacial score (nSPS) is 27.4. The van der Waals surface area contributed by atoms with Crippen LogP contribution in [0.15, 0.2) is 29.3 Å². The van der Waals surface area contributed by atoms with E-state index in [4.69, 9.17) is 17.3 Å². The molecule has 0 radical (unpaired) electrons. The smallest absolute Gasteiger partial charge is 0.192 e. The Morgan fingerprint density at radius 3 is 2.94 bits per heavy atom. The predicted octanol–water partition coefficient (Wildman–Crippen LogP) is 2.60. The van der Waals surface area contributed by atoms with Gasteiger partial charge in [0.05, 0.1) is 12.1 Å². The summed E-state index contributed by atoms with van der Waals surface area (Å²) >= 11 is 6.10. The third-order valence-corrected chi connectivity index (χ3v) is 4.24. The highest BCUT2D eigenvalue weighted by Gasteiger charge is 2.41. The summed E-state index contributed by atoms with van der Waals surface area (Å²) in [5.41, 5.74) is 7.10. The average Bonchev–Trinajstić information content (AvgIpc) is 3.12. The molecule has 1 aliphatic heterocycles. The number of halogens is 1. The molecule has 1 fully saturated rings. The van der Waals surface area contributed by atoms with E-state index >= 15 is 0 Å². The van der Waals surface area contributed by atoms with Crippen molar-refractivity contribution in [3.05, 3.63) is 34.9 Å². The summed E-state index contributed by atoms with van der Waals surface area (Å²) in [6, 6.07) is 8.03. The molecule has 4 heteroatoms. The van der Waals surface area contributed by atoms with E-state index in [0.29, 0.717) is 12.5 Å². The molecular formula is C14H18ClN3. The fraction of sp³-hybridized carbons (Fsp3) is 0.500. The molecule has 1 aromatic carbocycles. The highest BCUT2D eigenvalue weighted by molar-refractivity contribution is 6.30. The van der Waals surface area contributed by atoms with Gasteiger partial charge in [-0.1, -0.05) is 23.7 Å². The lowest BCUT2D eigenvalue weighted by Crippen LogP contribution is -2.48. The standard InChI is InChI=1S/C14H18ClN3/c1-14(11-3-2-4-12(15)7-11)9-17-13(16)18(14)8-10-5-6-10/h2-4,7,10H,5-6,8-9H2,1H3,(H2,16,17). The van der Waals surface area contributed by atoms with Gasteiger partial charge >= 0.3 is 0 Å². The third-order valence-electron chi connectivity index (χ3n) is 4.01. The Morgan fingerprint density at radius 2 is 2.28 bits per heavy atom. The first kappa shape index (κ1) is 11.8. The molecule has 3 nitrogen and oxygen atoms in total. The van der Waals surface area contributed by atoms with E-state index in [1.54, 1.807) is 0 Å². The number of aliphatic imine (C=N–C) groups is 1. The Balaban J connectivity index is 1.92. The van der Waals surface area contributed by atoms with Crippen molar-refractivity contribution < 1.29 is 0 Å². The van der Waals surface area contributed by atoms with Crippen LogP contribution in [0.3, 0.4) is 0 Å². The zero-order chi connectivity index (χ0) is 12.8. The van der Waals surface area contributed by atoms with Crippen molar-refractivity contribution in [1.29, 1.82) is 0 Å². The maximum absolute atomic E-state index is 6.10. The Bertz CT molecular complexity index is 496. The van der Waals surface area contributed by atoms with Crippen LogP contribution >= 0.6 is 11.6 Å². The van der Waals surface area contributed by atoms with Gasteiger partial charge in [0.2, 0.25) is 0 Å². The van der Waals surface area contributed by atoms with Crippen LogP contribution in [0.5, 0.6) is 0 Å².